The largest absolute Gasteiger partial charge is 0.462 e. The third-order valence-corrected chi connectivity index (χ3v) is 1.37. The van der Waals surface area contributed by atoms with Crippen molar-refractivity contribution in [2.24, 2.45) is 0 Å². The first-order chi connectivity index (χ1) is 5.75. The van der Waals surface area contributed by atoms with Crippen LogP contribution in [0.2, 0.25) is 0 Å². The van der Waals surface area contributed by atoms with Crippen molar-refractivity contribution in [3.05, 3.63) is 35.6 Å². The molecule has 3 heteroatoms. The van der Waals surface area contributed by atoms with Gasteiger partial charge in [-0.1, -0.05) is 12.1 Å². The Hall–Kier alpha value is -1.38. The topological polar surface area (TPSA) is 26.3 Å². The molecule has 0 atom stereocenters. The number of carbonyl (C=O) groups is 1. The Kier molecular flexibility index (Phi) is 2.80. The molecule has 0 aliphatic carbocycles. The van der Waals surface area contributed by atoms with Gasteiger partial charge in [-0.15, -0.1) is 0 Å². The van der Waals surface area contributed by atoms with E-state index in [1.165, 1.54) is 18.2 Å². The van der Waals surface area contributed by atoms with Crippen LogP contribution in [0.3, 0.4) is 0 Å². The van der Waals surface area contributed by atoms with E-state index in [2.05, 4.69) is 4.74 Å². The molecular formula is C9H9FO2. The van der Waals surface area contributed by atoms with Gasteiger partial charge >= 0.3 is 5.97 Å². The molecule has 0 spiro atoms. The molecule has 0 bridgehead atoms. The van der Waals surface area contributed by atoms with Gasteiger partial charge < -0.3 is 4.74 Å². The third kappa shape index (κ3) is 1.81. The van der Waals surface area contributed by atoms with Gasteiger partial charge in [0.2, 0.25) is 0 Å². The van der Waals surface area contributed by atoms with Crippen molar-refractivity contribution in [1.29, 1.82) is 0 Å². The van der Waals surface area contributed by atoms with Crippen LogP contribution in [0.25, 0.3) is 0 Å². The molecule has 0 N–H and O–H groups in total. The fourth-order valence-electron chi connectivity index (χ4n) is 0.836. The minimum atomic E-state index is -0.615. The van der Waals surface area contributed by atoms with Crippen LogP contribution in [0.1, 0.15) is 17.3 Å². The quantitative estimate of drug-likeness (QED) is 0.630. The van der Waals surface area contributed by atoms with Crippen LogP contribution in [0.5, 0.6) is 0 Å². The van der Waals surface area contributed by atoms with E-state index in [9.17, 15) is 9.18 Å². The Morgan fingerprint density at radius 3 is 2.75 bits per heavy atom. The Balaban J connectivity index is 2.87. The Bertz CT molecular complexity index is 284. The summed E-state index contributed by atoms with van der Waals surface area (Å²) in [5, 5.41) is 0. The number of esters is 1. The van der Waals surface area contributed by atoms with Crippen molar-refractivity contribution in [3.8, 4) is 0 Å². The highest BCUT2D eigenvalue weighted by molar-refractivity contribution is 5.89. The molecule has 0 radical (unpaired) electrons. The fourth-order valence-corrected chi connectivity index (χ4v) is 0.836. The van der Waals surface area contributed by atoms with E-state index in [4.69, 9.17) is 0 Å². The van der Waals surface area contributed by atoms with Crippen LogP contribution in [-0.4, -0.2) is 12.6 Å². The Morgan fingerprint density at radius 1 is 1.50 bits per heavy atom. The summed E-state index contributed by atoms with van der Waals surface area (Å²) in [4.78, 5) is 11.0. The molecule has 0 aliphatic rings. The number of benzene rings is 1. The molecule has 1 rings (SSSR count). The monoisotopic (exact) mass is 167 g/mol. The van der Waals surface area contributed by atoms with Gasteiger partial charge in [-0.05, 0) is 19.1 Å². The summed E-state index contributed by atoms with van der Waals surface area (Å²) in [6, 6.07) is 5.74. The van der Waals surface area contributed by atoms with Crippen molar-refractivity contribution in [2.75, 3.05) is 6.61 Å². The maximum Gasteiger partial charge on any atom is 0.341 e. The van der Waals surface area contributed by atoms with Crippen molar-refractivity contribution < 1.29 is 13.9 Å². The summed E-state index contributed by atoms with van der Waals surface area (Å²) < 4.78 is 17.5. The second-order valence-corrected chi connectivity index (χ2v) is 2.20. The molecule has 0 saturated heterocycles. The highest BCUT2D eigenvalue weighted by Gasteiger charge is 2.10. The van der Waals surface area contributed by atoms with Gasteiger partial charge in [-0.2, -0.15) is 0 Å². The SMILES string of the molecule is CCOC(=O)c1ccccc1[18F]. The summed E-state index contributed by atoms with van der Waals surface area (Å²) in [6.45, 7) is 1.94. The maximum absolute atomic E-state index is 12.9. The second kappa shape index (κ2) is 3.85. The zero-order valence-electron chi connectivity index (χ0n) is 6.71. The number of hydrogen-bond acceptors (Lipinski definition) is 2. The molecule has 0 amide bonds. The first-order valence-corrected chi connectivity index (χ1v) is 3.67. The summed E-state index contributed by atoms with van der Waals surface area (Å²) in [6.07, 6.45) is 0. The first-order valence-electron chi connectivity index (χ1n) is 3.67. The Morgan fingerprint density at radius 2 is 2.17 bits per heavy atom. The zero-order valence-corrected chi connectivity index (χ0v) is 6.71. The lowest BCUT2D eigenvalue weighted by molar-refractivity contribution is 0.0521. The number of ether oxygens (including phenoxy) is 1. The summed E-state index contributed by atoms with van der Waals surface area (Å²) >= 11 is 0. The number of rotatable bonds is 2. The molecule has 0 aromatic heterocycles. The zero-order chi connectivity index (χ0) is 8.97. The van der Waals surface area contributed by atoms with E-state index in [-0.39, 0.29) is 12.2 Å². The van der Waals surface area contributed by atoms with E-state index >= 15 is 0 Å². The minimum absolute atomic E-state index is 0.0145. The number of hydrogen-bond donors (Lipinski definition) is 0. The maximum atomic E-state index is 12.9. The lowest BCUT2D eigenvalue weighted by Gasteiger charge is -2.01. The van der Waals surface area contributed by atoms with E-state index in [0.717, 1.165) is 0 Å². The lowest BCUT2D eigenvalue weighted by atomic mass is 10.2. The predicted molar refractivity (Wildman–Crippen MR) is 42.4 cm³/mol. The molecule has 64 valence electrons. The van der Waals surface area contributed by atoms with Crippen LogP contribution in [0.4, 0.5) is 4.39 Å². The van der Waals surface area contributed by atoms with Gasteiger partial charge in [0.1, 0.15) is 5.82 Å². The van der Waals surface area contributed by atoms with Crippen LogP contribution in [0, 0.1) is 5.82 Å². The van der Waals surface area contributed by atoms with E-state index in [1.807, 2.05) is 0 Å². The van der Waals surface area contributed by atoms with Crippen LogP contribution >= 0.6 is 0 Å². The highest BCUT2D eigenvalue weighted by Crippen LogP contribution is 2.07. The standard InChI is InChI=1S/C9H9FO2/c1-2-12-9(11)7-5-3-4-6-8(7)10/h3-6H,2H2,1H3/i10-1. The summed E-state index contributed by atoms with van der Waals surface area (Å²) in [7, 11) is 0. The molecule has 1 aromatic carbocycles. The number of carbonyl (C=O) groups excluding carboxylic acids is 1. The second-order valence-electron chi connectivity index (χ2n) is 2.20. The first kappa shape index (κ1) is 8.71. The van der Waals surface area contributed by atoms with Crippen molar-refractivity contribution >= 4 is 5.97 Å². The Labute approximate surface area is 70.0 Å². The van der Waals surface area contributed by atoms with Gasteiger partial charge in [-0.25, -0.2) is 9.18 Å². The summed E-state index contributed by atoms with van der Waals surface area (Å²) in [5.41, 5.74) is -0.0145. The molecule has 1 aromatic rings. The highest BCUT2D eigenvalue weighted by atomic mass is 18.2. The molecule has 2 nitrogen and oxygen atoms in total. The van der Waals surface area contributed by atoms with E-state index < -0.39 is 11.8 Å². The minimum Gasteiger partial charge on any atom is -0.462 e. The average molecular weight is 167 g/mol. The molecular weight excluding hydrogens is 158 g/mol. The van der Waals surface area contributed by atoms with Crippen LogP contribution in [-0.2, 0) is 4.74 Å². The molecule has 0 unspecified atom stereocenters. The van der Waals surface area contributed by atoms with Gasteiger partial charge in [0.05, 0.1) is 12.2 Å². The molecule has 12 heavy (non-hydrogen) atoms. The average Bonchev–Trinajstić information content (AvgIpc) is 2.05. The predicted octanol–water partition coefficient (Wildman–Crippen LogP) is 2.00. The summed E-state index contributed by atoms with van der Waals surface area (Å²) in [5.74, 6) is -1.16. The van der Waals surface area contributed by atoms with Gasteiger partial charge in [0.15, 0.2) is 0 Å². The van der Waals surface area contributed by atoms with Crippen molar-refractivity contribution in [2.45, 2.75) is 6.92 Å². The van der Waals surface area contributed by atoms with Crippen LogP contribution in [0.15, 0.2) is 24.3 Å². The smallest absolute Gasteiger partial charge is 0.341 e. The van der Waals surface area contributed by atoms with Gasteiger partial charge in [0, 0.05) is 0 Å². The van der Waals surface area contributed by atoms with Crippen molar-refractivity contribution in [3.63, 3.8) is 0 Å². The molecule has 0 aliphatic heterocycles. The lowest BCUT2D eigenvalue weighted by Crippen LogP contribution is -2.06. The van der Waals surface area contributed by atoms with E-state index in [1.54, 1.807) is 13.0 Å². The number of halogens is 1. The van der Waals surface area contributed by atoms with E-state index in [0.29, 0.717) is 0 Å². The normalized spacial score (nSPS) is 9.50. The fraction of sp³-hybridized carbons (Fsp3) is 0.222. The van der Waals surface area contributed by atoms with Gasteiger partial charge in [-0.3, -0.25) is 0 Å². The van der Waals surface area contributed by atoms with Crippen molar-refractivity contribution in [1.82, 2.24) is 0 Å². The molecule has 0 saturated carbocycles. The van der Waals surface area contributed by atoms with Gasteiger partial charge in [0.25, 0.3) is 0 Å². The molecule has 0 heterocycles. The van der Waals surface area contributed by atoms with Crippen LogP contribution < -0.4 is 0 Å². The third-order valence-electron chi connectivity index (χ3n) is 1.37. The molecule has 0 fully saturated rings.